The van der Waals surface area contributed by atoms with E-state index < -0.39 is 9.84 Å². The number of furan rings is 1. The number of nitrogens with one attached hydrogen (secondary N) is 1. The highest BCUT2D eigenvalue weighted by Gasteiger charge is 2.25. The Kier molecular flexibility index (Phi) is 3.72. The highest BCUT2D eigenvalue weighted by Crippen LogP contribution is 2.13. The lowest BCUT2D eigenvalue weighted by Gasteiger charge is -2.22. The molecule has 0 spiro atoms. The Hall–Kier alpha value is -1.34. The van der Waals surface area contributed by atoms with Gasteiger partial charge in [0.1, 0.15) is 15.6 Å². The molecule has 0 atom stereocenters. The molecule has 2 rings (SSSR count). The first-order valence-corrected chi connectivity index (χ1v) is 7.62. The van der Waals surface area contributed by atoms with E-state index in [-0.39, 0.29) is 35.8 Å². The van der Waals surface area contributed by atoms with Gasteiger partial charge in [-0.25, -0.2) is 8.42 Å². The fraction of sp³-hybridized carbons (Fsp3) is 0.545. The average Bonchev–Trinajstić information content (AvgIpc) is 2.80. The van der Waals surface area contributed by atoms with Crippen LogP contribution in [-0.4, -0.2) is 31.9 Å². The molecule has 0 bridgehead atoms. The summed E-state index contributed by atoms with van der Waals surface area (Å²) in [7, 11) is -2.91. The number of carbonyl (C=O) groups is 1. The molecule has 7 heteroatoms. The van der Waals surface area contributed by atoms with Crippen LogP contribution in [0.2, 0.25) is 0 Å². The van der Waals surface area contributed by atoms with Gasteiger partial charge in [0.05, 0.1) is 18.1 Å². The summed E-state index contributed by atoms with van der Waals surface area (Å²) in [6, 6.07) is 3.12. The van der Waals surface area contributed by atoms with Gasteiger partial charge in [0.2, 0.25) is 0 Å². The van der Waals surface area contributed by atoms with Gasteiger partial charge in [-0.2, -0.15) is 0 Å². The van der Waals surface area contributed by atoms with Gasteiger partial charge in [-0.3, -0.25) is 4.79 Å². The highest BCUT2D eigenvalue weighted by atomic mass is 32.2. The third-order valence-corrected chi connectivity index (χ3v) is 4.69. The number of hydrogen-bond acceptors (Lipinski definition) is 5. The zero-order valence-corrected chi connectivity index (χ0v) is 10.7. The molecule has 1 aromatic rings. The van der Waals surface area contributed by atoms with Crippen LogP contribution in [0.1, 0.15) is 29.2 Å². The van der Waals surface area contributed by atoms with Gasteiger partial charge in [0.25, 0.3) is 5.91 Å². The van der Waals surface area contributed by atoms with E-state index in [2.05, 4.69) is 5.32 Å². The minimum Gasteiger partial charge on any atom is -0.455 e. The molecule has 0 radical (unpaired) electrons. The maximum atomic E-state index is 11.8. The number of nitrogens with two attached hydrogens (primary N) is 1. The lowest BCUT2D eigenvalue weighted by Crippen LogP contribution is -2.40. The minimum atomic E-state index is -2.91. The number of carbonyl (C=O) groups excluding carboxylic acids is 1. The second kappa shape index (κ2) is 5.11. The van der Waals surface area contributed by atoms with Gasteiger partial charge in [0.15, 0.2) is 5.76 Å². The Morgan fingerprint density at radius 2 is 2.06 bits per heavy atom. The number of rotatable bonds is 3. The number of sulfone groups is 1. The van der Waals surface area contributed by atoms with E-state index in [0.29, 0.717) is 18.6 Å². The molecular weight excluding hydrogens is 256 g/mol. The molecule has 100 valence electrons. The fourth-order valence-electron chi connectivity index (χ4n) is 1.90. The molecule has 1 fully saturated rings. The summed E-state index contributed by atoms with van der Waals surface area (Å²) in [5.74, 6) is 0.697. The van der Waals surface area contributed by atoms with E-state index in [0.717, 1.165) is 0 Å². The van der Waals surface area contributed by atoms with E-state index in [9.17, 15) is 13.2 Å². The first-order chi connectivity index (χ1) is 8.50. The maximum absolute atomic E-state index is 11.8. The molecule has 0 unspecified atom stereocenters. The van der Waals surface area contributed by atoms with Crippen molar-refractivity contribution in [2.45, 2.75) is 25.4 Å². The topological polar surface area (TPSA) is 102 Å². The molecule has 6 nitrogen and oxygen atoms in total. The second-order valence-corrected chi connectivity index (χ2v) is 6.67. The van der Waals surface area contributed by atoms with Gasteiger partial charge in [-0.15, -0.1) is 0 Å². The number of amides is 1. The van der Waals surface area contributed by atoms with E-state index >= 15 is 0 Å². The van der Waals surface area contributed by atoms with E-state index in [1.54, 1.807) is 12.1 Å². The van der Waals surface area contributed by atoms with E-state index in [1.807, 2.05) is 0 Å². The Morgan fingerprint density at radius 1 is 1.39 bits per heavy atom. The summed E-state index contributed by atoms with van der Waals surface area (Å²) < 4.78 is 27.7. The Morgan fingerprint density at radius 3 is 2.61 bits per heavy atom. The summed E-state index contributed by atoms with van der Waals surface area (Å²) >= 11 is 0. The Bertz CT molecular complexity index is 521. The lowest BCUT2D eigenvalue weighted by molar-refractivity contribution is 0.0904. The van der Waals surface area contributed by atoms with Crippen molar-refractivity contribution in [1.82, 2.24) is 5.32 Å². The molecule has 2 heterocycles. The van der Waals surface area contributed by atoms with Crippen LogP contribution in [0.25, 0.3) is 0 Å². The molecule has 1 saturated heterocycles. The second-order valence-electron chi connectivity index (χ2n) is 4.37. The van der Waals surface area contributed by atoms with Crippen LogP contribution in [0.5, 0.6) is 0 Å². The molecule has 0 saturated carbocycles. The van der Waals surface area contributed by atoms with Crippen molar-refractivity contribution in [3.63, 3.8) is 0 Å². The van der Waals surface area contributed by atoms with Crippen molar-refractivity contribution in [2.24, 2.45) is 5.73 Å². The number of hydrogen-bond donors (Lipinski definition) is 2. The van der Waals surface area contributed by atoms with Gasteiger partial charge in [0, 0.05) is 6.04 Å². The fourth-order valence-corrected chi connectivity index (χ4v) is 3.39. The van der Waals surface area contributed by atoms with Crippen molar-refractivity contribution in [3.05, 3.63) is 23.7 Å². The lowest BCUT2D eigenvalue weighted by atomic mass is 10.1. The highest BCUT2D eigenvalue weighted by molar-refractivity contribution is 7.91. The third kappa shape index (κ3) is 3.11. The Balaban J connectivity index is 1.92. The van der Waals surface area contributed by atoms with Crippen molar-refractivity contribution in [1.29, 1.82) is 0 Å². The molecule has 1 aliphatic heterocycles. The van der Waals surface area contributed by atoms with Gasteiger partial charge in [-0.05, 0) is 25.0 Å². The molecule has 0 aliphatic carbocycles. The SMILES string of the molecule is NCc1ccc(C(=O)NC2CCS(=O)(=O)CC2)o1. The molecule has 1 aromatic heterocycles. The summed E-state index contributed by atoms with van der Waals surface area (Å²) in [6.07, 6.45) is 0.914. The monoisotopic (exact) mass is 272 g/mol. The third-order valence-electron chi connectivity index (χ3n) is 2.98. The van der Waals surface area contributed by atoms with Gasteiger partial charge >= 0.3 is 0 Å². The van der Waals surface area contributed by atoms with Crippen LogP contribution in [0.15, 0.2) is 16.5 Å². The summed E-state index contributed by atoms with van der Waals surface area (Å²) in [6.45, 7) is 0.245. The van der Waals surface area contributed by atoms with Gasteiger partial charge in [-0.1, -0.05) is 0 Å². The largest absolute Gasteiger partial charge is 0.455 e. The van der Waals surface area contributed by atoms with Crippen LogP contribution in [-0.2, 0) is 16.4 Å². The van der Waals surface area contributed by atoms with Crippen LogP contribution in [0, 0.1) is 0 Å². The van der Waals surface area contributed by atoms with Crippen LogP contribution in [0.3, 0.4) is 0 Å². The smallest absolute Gasteiger partial charge is 0.287 e. The average molecular weight is 272 g/mol. The molecule has 3 N–H and O–H groups in total. The Labute approximate surface area is 105 Å². The summed E-state index contributed by atoms with van der Waals surface area (Å²) in [5.41, 5.74) is 5.39. The van der Waals surface area contributed by atoms with Crippen molar-refractivity contribution < 1.29 is 17.6 Å². The zero-order valence-electron chi connectivity index (χ0n) is 9.89. The summed E-state index contributed by atoms with van der Waals surface area (Å²) in [4.78, 5) is 11.8. The van der Waals surface area contributed by atoms with E-state index in [1.165, 1.54) is 0 Å². The maximum Gasteiger partial charge on any atom is 0.287 e. The molecular formula is C11H16N2O4S. The first-order valence-electron chi connectivity index (χ1n) is 5.80. The first kappa shape index (κ1) is 13.1. The van der Waals surface area contributed by atoms with Crippen molar-refractivity contribution >= 4 is 15.7 Å². The normalized spacial score (nSPS) is 19.6. The standard InChI is InChI=1S/C11H16N2O4S/c12-7-9-1-2-10(17-9)11(14)13-8-3-5-18(15,16)6-4-8/h1-2,8H,3-7,12H2,(H,13,14). The zero-order chi connectivity index (χ0) is 13.2. The quantitative estimate of drug-likeness (QED) is 0.809. The van der Waals surface area contributed by atoms with Crippen molar-refractivity contribution in [3.8, 4) is 0 Å². The predicted octanol–water partition coefficient (Wildman–Crippen LogP) is 0.0453. The van der Waals surface area contributed by atoms with Crippen LogP contribution in [0.4, 0.5) is 0 Å². The molecule has 1 aliphatic rings. The van der Waals surface area contributed by atoms with Crippen molar-refractivity contribution in [2.75, 3.05) is 11.5 Å². The van der Waals surface area contributed by atoms with Gasteiger partial charge < -0.3 is 15.5 Å². The minimum absolute atomic E-state index is 0.104. The molecule has 1 amide bonds. The summed E-state index contributed by atoms with van der Waals surface area (Å²) in [5, 5.41) is 2.77. The van der Waals surface area contributed by atoms with E-state index in [4.69, 9.17) is 10.2 Å². The van der Waals surface area contributed by atoms with Crippen LogP contribution >= 0.6 is 0 Å². The van der Waals surface area contributed by atoms with Crippen LogP contribution < -0.4 is 11.1 Å². The predicted molar refractivity (Wildman–Crippen MR) is 65.7 cm³/mol. The molecule has 0 aromatic carbocycles. The molecule has 18 heavy (non-hydrogen) atoms.